The molecule has 1 aromatic rings. The first-order valence-corrected chi connectivity index (χ1v) is 2.54. The van der Waals surface area contributed by atoms with E-state index in [0.717, 1.165) is 0 Å². The molecule has 0 fully saturated rings. The Labute approximate surface area is 107 Å². The number of hydrogen-bond acceptors (Lipinski definition) is 3. The van der Waals surface area contributed by atoms with Gasteiger partial charge >= 0.3 is 51.4 Å². The van der Waals surface area contributed by atoms with Crippen molar-refractivity contribution in [3.05, 3.63) is 24.3 Å². The fraction of sp³-hybridized carbons (Fsp3) is 0. The van der Waals surface area contributed by atoms with Gasteiger partial charge in [0.2, 0.25) is 0 Å². The first-order chi connectivity index (χ1) is 4.79. The topological polar surface area (TPSA) is 60.4 Å². The van der Waals surface area contributed by atoms with Crippen molar-refractivity contribution in [2.45, 2.75) is 0 Å². The molecule has 0 aliphatic carbocycles. The van der Waals surface area contributed by atoms with Crippen LogP contribution in [0.1, 0.15) is 0 Å². The van der Waals surface area contributed by atoms with Gasteiger partial charge < -0.3 is 15.0 Å². The summed E-state index contributed by atoms with van der Waals surface area (Å²) in [5, 5.41) is 18.9. The zero-order valence-electron chi connectivity index (χ0n) is 6.28. The van der Waals surface area contributed by atoms with Gasteiger partial charge in [0.15, 0.2) is 0 Å². The van der Waals surface area contributed by atoms with Crippen molar-refractivity contribution in [1.29, 1.82) is 0 Å². The van der Waals surface area contributed by atoms with Crippen molar-refractivity contribution in [1.82, 2.24) is 0 Å². The van der Waals surface area contributed by atoms with Gasteiger partial charge in [-0.1, -0.05) is 12.1 Å². The maximum absolute atomic E-state index is 10.3. The smallest absolute Gasteiger partial charge is 0.872 e. The van der Waals surface area contributed by atoms with E-state index in [1.54, 1.807) is 0 Å². The minimum absolute atomic E-state index is 0. The summed E-state index contributed by atoms with van der Waals surface area (Å²) >= 11 is 0. The first-order valence-electron chi connectivity index (χ1n) is 2.54. The third-order valence-corrected chi connectivity index (χ3v) is 0.818. The number of phenolic OH excluding ortho intramolecular Hbond substituents is 1. The molecule has 0 saturated carbocycles. The molecule has 0 atom stereocenters. The van der Waals surface area contributed by atoms with Crippen molar-refractivity contribution in [2.75, 3.05) is 0 Å². The molecule has 1 aromatic carbocycles. The molecule has 4 heteroatoms. The summed E-state index contributed by atoms with van der Waals surface area (Å²) in [7, 11) is 0. The second-order valence-corrected chi connectivity index (χ2v) is 1.50. The maximum Gasteiger partial charge on any atom is 1.00 e. The van der Waals surface area contributed by atoms with Crippen LogP contribution in [0.4, 0.5) is 0 Å². The predicted molar refractivity (Wildman–Crippen MR) is 34.7 cm³/mol. The molecule has 0 aliphatic heterocycles. The number of hydrogen-bond donors (Lipinski definition) is 1. The average molecular weight is 178 g/mol. The van der Waals surface area contributed by atoms with Gasteiger partial charge in [-0.05, 0) is 12.1 Å². The Hall–Kier alpha value is 0.126. The molecule has 0 aliphatic rings. The van der Waals surface area contributed by atoms with Crippen LogP contribution in [0.15, 0.2) is 24.3 Å². The first kappa shape index (κ1) is 13.7. The maximum atomic E-state index is 10.3. The van der Waals surface area contributed by atoms with Crippen molar-refractivity contribution in [3.63, 3.8) is 0 Å². The zero-order chi connectivity index (χ0) is 7.98. The van der Waals surface area contributed by atoms with Crippen LogP contribution in [0.3, 0.4) is 0 Å². The van der Waals surface area contributed by atoms with E-state index in [4.69, 9.17) is 9.90 Å². The minimum atomic E-state index is -0.162. The number of phenols is 1. The summed E-state index contributed by atoms with van der Waals surface area (Å²) in [5.41, 5.74) is 0. The Morgan fingerprint density at radius 1 is 1.36 bits per heavy atom. The van der Waals surface area contributed by atoms with E-state index in [1.807, 2.05) is 6.79 Å². The van der Waals surface area contributed by atoms with Crippen LogP contribution in [0.25, 0.3) is 0 Å². The normalized spacial score (nSPS) is 6.91. The number of benzene rings is 1. The summed E-state index contributed by atoms with van der Waals surface area (Å²) in [5.74, 6) is -0.137. The summed E-state index contributed by atoms with van der Waals surface area (Å²) in [6, 6.07) is 5.53. The quantitative estimate of drug-likeness (QED) is 0.439. The molecule has 54 valence electrons. The predicted octanol–water partition coefficient (Wildman–Crippen LogP) is -2.72. The van der Waals surface area contributed by atoms with Crippen LogP contribution in [0.5, 0.6) is 11.5 Å². The van der Waals surface area contributed by atoms with Gasteiger partial charge in [-0.25, -0.2) is 0 Å². The van der Waals surface area contributed by atoms with Crippen LogP contribution in [0.2, 0.25) is 0 Å². The molecule has 0 radical (unpaired) electrons. The SMILES string of the molecule is C=O.[K+].[O-]c1cccc(O)c1. The molecule has 1 N–H and O–H groups in total. The fourth-order valence-corrected chi connectivity index (χ4v) is 0.484. The van der Waals surface area contributed by atoms with Crippen molar-refractivity contribution in [2.24, 2.45) is 0 Å². The van der Waals surface area contributed by atoms with Gasteiger partial charge in [-0.2, -0.15) is 0 Å². The second kappa shape index (κ2) is 8.23. The Morgan fingerprint density at radius 2 is 1.91 bits per heavy atom. The molecular weight excluding hydrogens is 171 g/mol. The second-order valence-electron chi connectivity index (χ2n) is 1.50. The molecular formula is C7H7KO3. The molecule has 0 bridgehead atoms. The van der Waals surface area contributed by atoms with Crippen molar-refractivity contribution >= 4 is 6.79 Å². The minimum Gasteiger partial charge on any atom is -0.872 e. The number of aromatic hydroxyl groups is 1. The van der Waals surface area contributed by atoms with Crippen LogP contribution in [-0.4, -0.2) is 11.9 Å². The van der Waals surface area contributed by atoms with Gasteiger partial charge in [-0.15, -0.1) is 5.75 Å². The Morgan fingerprint density at radius 3 is 2.18 bits per heavy atom. The Bertz CT molecular complexity index is 185. The van der Waals surface area contributed by atoms with Gasteiger partial charge in [0, 0.05) is 0 Å². The van der Waals surface area contributed by atoms with E-state index in [-0.39, 0.29) is 62.9 Å². The molecule has 1 rings (SSSR count). The molecule has 11 heavy (non-hydrogen) atoms. The summed E-state index contributed by atoms with van der Waals surface area (Å²) in [4.78, 5) is 8.00. The molecule has 0 heterocycles. The third-order valence-electron chi connectivity index (χ3n) is 0.818. The summed E-state index contributed by atoms with van der Waals surface area (Å²) in [6.45, 7) is 2.00. The van der Waals surface area contributed by atoms with Crippen molar-refractivity contribution < 1.29 is 66.4 Å². The van der Waals surface area contributed by atoms with E-state index in [2.05, 4.69) is 0 Å². The molecule has 0 amide bonds. The summed E-state index contributed by atoms with van der Waals surface area (Å²) < 4.78 is 0. The van der Waals surface area contributed by atoms with Gasteiger partial charge in [-0.3, -0.25) is 0 Å². The van der Waals surface area contributed by atoms with E-state index in [9.17, 15) is 5.11 Å². The third kappa shape index (κ3) is 6.52. The van der Waals surface area contributed by atoms with Crippen molar-refractivity contribution in [3.8, 4) is 11.5 Å². The van der Waals surface area contributed by atoms with Gasteiger partial charge in [0.1, 0.15) is 12.5 Å². The van der Waals surface area contributed by atoms with E-state index in [0.29, 0.717) is 0 Å². The monoisotopic (exact) mass is 178 g/mol. The Kier molecular flexibility index (Phi) is 10.2. The molecule has 0 aromatic heterocycles. The largest absolute Gasteiger partial charge is 1.00 e. The van der Waals surface area contributed by atoms with E-state index >= 15 is 0 Å². The van der Waals surface area contributed by atoms with Crippen LogP contribution < -0.4 is 56.5 Å². The number of rotatable bonds is 0. The standard InChI is InChI=1S/C6H6O2.CH2O.K/c7-5-2-1-3-6(8)4-5;1-2;/h1-4,7-8H;1H2;/q;;+1/p-1. The van der Waals surface area contributed by atoms with Crippen LogP contribution in [-0.2, 0) is 4.79 Å². The van der Waals surface area contributed by atoms with Gasteiger partial charge in [0.05, 0.1) is 0 Å². The van der Waals surface area contributed by atoms with E-state index < -0.39 is 0 Å². The molecule has 0 saturated heterocycles. The number of carbonyl (C=O) groups excluding carboxylic acids is 1. The van der Waals surface area contributed by atoms with Gasteiger partial charge in [0.25, 0.3) is 0 Å². The Balaban J connectivity index is 0. The summed E-state index contributed by atoms with van der Waals surface area (Å²) in [6.07, 6.45) is 0. The average Bonchev–Trinajstić information content (AvgIpc) is 1.91. The molecule has 0 unspecified atom stereocenters. The molecule has 0 spiro atoms. The fourth-order valence-electron chi connectivity index (χ4n) is 0.484. The molecule has 3 nitrogen and oxygen atoms in total. The number of carbonyl (C=O) groups is 1. The van der Waals surface area contributed by atoms with Crippen LogP contribution >= 0.6 is 0 Å². The zero-order valence-corrected chi connectivity index (χ0v) is 9.40. The van der Waals surface area contributed by atoms with Crippen LogP contribution in [0, 0.1) is 0 Å². The van der Waals surface area contributed by atoms with E-state index in [1.165, 1.54) is 24.3 Å².